The molecule has 10 atom stereocenters. The van der Waals surface area contributed by atoms with Crippen molar-refractivity contribution in [3.63, 3.8) is 0 Å². The third-order valence-corrected chi connectivity index (χ3v) is 15.7. The number of carboxylic acids is 1. The van der Waals surface area contributed by atoms with Crippen LogP contribution in [0.4, 0.5) is 0 Å². The molecule has 5 aliphatic rings. The lowest BCUT2D eigenvalue weighted by Crippen LogP contribution is -2.67. The zero-order chi connectivity index (χ0) is 35.0. The van der Waals surface area contributed by atoms with Crippen molar-refractivity contribution in [2.24, 2.45) is 62.1 Å². The van der Waals surface area contributed by atoms with Crippen molar-refractivity contribution in [2.75, 3.05) is 0 Å². The van der Waals surface area contributed by atoms with E-state index in [2.05, 4.69) is 67.3 Å². The summed E-state index contributed by atoms with van der Waals surface area (Å²) in [5.41, 5.74) is 1.22. The van der Waals surface area contributed by atoms with Gasteiger partial charge in [0.05, 0.1) is 12.8 Å². The summed E-state index contributed by atoms with van der Waals surface area (Å²) in [5, 5.41) is 12.6. The molecule has 2 N–H and O–H groups in total. The third-order valence-electron chi connectivity index (χ3n) is 15.7. The van der Waals surface area contributed by atoms with Crippen LogP contribution in [0.1, 0.15) is 153 Å². The number of aliphatic carboxylic acids is 1. The molecule has 1 amide bonds. The number of carbonyl (C=O) groups is 3. The number of ether oxygens (including phenoxy) is 1. The average Bonchev–Trinajstić information content (AvgIpc) is 3.28. The van der Waals surface area contributed by atoms with Crippen molar-refractivity contribution >= 4 is 17.8 Å². The zero-order valence-electron chi connectivity index (χ0n) is 31.5. The van der Waals surface area contributed by atoms with Crippen LogP contribution < -0.4 is 5.32 Å². The minimum absolute atomic E-state index is 0.0445. The van der Waals surface area contributed by atoms with Crippen molar-refractivity contribution in [2.45, 2.75) is 165 Å². The van der Waals surface area contributed by atoms with Gasteiger partial charge in [-0.25, -0.2) is 0 Å². The highest BCUT2D eigenvalue weighted by Crippen LogP contribution is 2.78. The van der Waals surface area contributed by atoms with Gasteiger partial charge in [0, 0.05) is 17.9 Å². The smallest absolute Gasteiger partial charge is 0.306 e. The van der Waals surface area contributed by atoms with E-state index < -0.39 is 11.4 Å². The number of carbonyl (C=O) groups excluding carboxylic acids is 2. The Balaban J connectivity index is 1.39. The Morgan fingerprint density at radius 3 is 2.17 bits per heavy atom. The van der Waals surface area contributed by atoms with Crippen LogP contribution in [0, 0.1) is 62.1 Å². The number of carboxylic acid groups (broad SMARTS) is 1. The van der Waals surface area contributed by atoms with Crippen molar-refractivity contribution in [1.29, 1.82) is 0 Å². The Kier molecular flexibility index (Phi) is 9.44. The van der Waals surface area contributed by atoms with Crippen LogP contribution in [0.3, 0.4) is 0 Å². The monoisotopic (exact) mass is 654 g/mol. The van der Waals surface area contributed by atoms with E-state index in [0.29, 0.717) is 36.0 Å². The van der Waals surface area contributed by atoms with Gasteiger partial charge in [-0.2, -0.15) is 0 Å². The molecule has 0 bridgehead atoms. The van der Waals surface area contributed by atoms with E-state index >= 15 is 0 Å². The standard InChI is InChI=1S/C41H67NO5/c1-25(2)27-14-19-41(22-32(43)42-26(3)4)21-20-39(10)28(35(27)41)12-13-30-38(9)17-16-31(37(7,8)29(38)15-18-40(30,39)11)47-34(46)24-36(5,6)23-33(44)45/h26-31,35H,1,12-24H2,2-11H3,(H,42,43)(H,44,45)/t27-,28+,29-,30+,31-,35+,38-,39+,40+,41+/m0/s1. The summed E-state index contributed by atoms with van der Waals surface area (Å²) >= 11 is 0. The summed E-state index contributed by atoms with van der Waals surface area (Å²) < 4.78 is 6.26. The van der Waals surface area contributed by atoms with Gasteiger partial charge in [-0.3, -0.25) is 14.4 Å². The molecule has 266 valence electrons. The van der Waals surface area contributed by atoms with Crippen LogP contribution in [-0.4, -0.2) is 35.1 Å². The van der Waals surface area contributed by atoms with E-state index in [1.807, 2.05) is 13.8 Å². The van der Waals surface area contributed by atoms with E-state index in [0.717, 1.165) is 32.1 Å². The molecule has 5 aliphatic carbocycles. The van der Waals surface area contributed by atoms with Gasteiger partial charge in [-0.1, -0.05) is 60.6 Å². The maximum atomic E-state index is 13.3. The van der Waals surface area contributed by atoms with Gasteiger partial charge in [0.1, 0.15) is 6.10 Å². The SMILES string of the molecule is C=C(C)[C@@H]1CC[C@]2(CC(=O)NC(C)C)CC[C@]3(C)[C@H](CC[C@@H]4[C@@]5(C)CC[C@H](OC(=O)CC(C)(C)CC(=O)O)C(C)(C)[C@@H]5CC[C@]43C)[C@@H]12. The van der Waals surface area contributed by atoms with Crippen LogP contribution in [0.2, 0.25) is 0 Å². The molecule has 47 heavy (non-hydrogen) atoms. The summed E-state index contributed by atoms with van der Waals surface area (Å²) in [6, 6.07) is 0.168. The Bertz CT molecular complexity index is 1270. The Morgan fingerprint density at radius 2 is 1.55 bits per heavy atom. The number of allylic oxidation sites excluding steroid dienone is 1. The lowest BCUT2D eigenvalue weighted by molar-refractivity contribution is -0.250. The van der Waals surface area contributed by atoms with Gasteiger partial charge < -0.3 is 15.2 Å². The van der Waals surface area contributed by atoms with E-state index in [-0.39, 0.29) is 63.9 Å². The maximum Gasteiger partial charge on any atom is 0.306 e. The number of hydrogen-bond donors (Lipinski definition) is 2. The predicted octanol–water partition coefficient (Wildman–Crippen LogP) is 9.36. The number of nitrogens with one attached hydrogen (secondary N) is 1. The molecule has 0 aromatic rings. The number of amides is 1. The second-order valence-corrected chi connectivity index (χ2v) is 19.7. The fourth-order valence-corrected chi connectivity index (χ4v) is 13.5. The first-order valence-corrected chi connectivity index (χ1v) is 19.0. The van der Waals surface area contributed by atoms with E-state index in [1.165, 1.54) is 37.7 Å². The highest BCUT2D eigenvalue weighted by Gasteiger charge is 2.71. The Morgan fingerprint density at radius 1 is 0.872 bits per heavy atom. The lowest BCUT2D eigenvalue weighted by atomic mass is 9.32. The molecule has 5 saturated carbocycles. The van der Waals surface area contributed by atoms with Crippen molar-refractivity contribution in [1.82, 2.24) is 5.32 Å². The molecule has 0 saturated heterocycles. The molecule has 0 heterocycles. The maximum absolute atomic E-state index is 13.3. The molecule has 6 nitrogen and oxygen atoms in total. The summed E-state index contributed by atoms with van der Waals surface area (Å²) in [4.78, 5) is 37.9. The molecule has 6 heteroatoms. The van der Waals surface area contributed by atoms with E-state index in [1.54, 1.807) is 0 Å². The molecule has 0 aliphatic heterocycles. The predicted molar refractivity (Wildman–Crippen MR) is 187 cm³/mol. The summed E-state index contributed by atoms with van der Waals surface area (Å²) in [5.74, 6) is 1.80. The molecule has 0 aromatic heterocycles. The van der Waals surface area contributed by atoms with Gasteiger partial charge in [0.2, 0.25) is 5.91 Å². The highest BCUT2D eigenvalue weighted by atomic mass is 16.5. The highest BCUT2D eigenvalue weighted by molar-refractivity contribution is 5.77. The first-order chi connectivity index (χ1) is 21.6. The molecule has 0 radical (unpaired) electrons. The van der Waals surface area contributed by atoms with Crippen molar-refractivity contribution in [3.05, 3.63) is 12.2 Å². The Hall–Kier alpha value is -1.85. The minimum atomic E-state index is -0.881. The minimum Gasteiger partial charge on any atom is -0.481 e. The van der Waals surface area contributed by atoms with Gasteiger partial charge in [-0.15, -0.1) is 0 Å². The number of esters is 1. The van der Waals surface area contributed by atoms with E-state index in [4.69, 9.17) is 4.74 Å². The number of hydrogen-bond acceptors (Lipinski definition) is 4. The van der Waals surface area contributed by atoms with Crippen LogP contribution in [0.25, 0.3) is 0 Å². The Labute approximate surface area is 286 Å². The summed E-state index contributed by atoms with van der Waals surface area (Å²) in [6.45, 7) is 27.1. The van der Waals surface area contributed by atoms with Crippen molar-refractivity contribution < 1.29 is 24.2 Å². The van der Waals surface area contributed by atoms with Crippen molar-refractivity contribution in [3.8, 4) is 0 Å². The van der Waals surface area contributed by atoms with Crippen LogP contribution in [0.15, 0.2) is 12.2 Å². The lowest BCUT2D eigenvalue weighted by Gasteiger charge is -2.73. The van der Waals surface area contributed by atoms with Gasteiger partial charge in [-0.05, 0) is 142 Å². The first kappa shape index (κ1) is 36.4. The number of fused-ring (bicyclic) bond motifs is 7. The largest absolute Gasteiger partial charge is 0.481 e. The third kappa shape index (κ3) is 6.02. The van der Waals surface area contributed by atoms with Crippen LogP contribution >= 0.6 is 0 Å². The fourth-order valence-electron chi connectivity index (χ4n) is 13.5. The molecule has 0 spiro atoms. The van der Waals surface area contributed by atoms with Gasteiger partial charge >= 0.3 is 11.9 Å². The molecular formula is C41H67NO5. The quantitative estimate of drug-likeness (QED) is 0.191. The normalized spacial score (nSPS) is 42.4. The van der Waals surface area contributed by atoms with Crippen LogP contribution in [0.5, 0.6) is 0 Å². The summed E-state index contributed by atoms with van der Waals surface area (Å²) in [6.07, 6.45) is 12.0. The molecule has 5 rings (SSSR count). The molecule has 0 aromatic carbocycles. The topological polar surface area (TPSA) is 92.7 Å². The van der Waals surface area contributed by atoms with E-state index in [9.17, 15) is 19.5 Å². The van der Waals surface area contributed by atoms with Crippen LogP contribution in [-0.2, 0) is 19.1 Å². The second kappa shape index (κ2) is 12.2. The second-order valence-electron chi connectivity index (χ2n) is 19.7. The molecule has 5 fully saturated rings. The zero-order valence-corrected chi connectivity index (χ0v) is 31.5. The molecule has 0 unspecified atom stereocenters. The average molecular weight is 654 g/mol. The number of rotatable bonds is 9. The van der Waals surface area contributed by atoms with Gasteiger partial charge in [0.25, 0.3) is 0 Å². The van der Waals surface area contributed by atoms with Gasteiger partial charge in [0.15, 0.2) is 0 Å². The first-order valence-electron chi connectivity index (χ1n) is 19.0. The fraction of sp³-hybridized carbons (Fsp3) is 0.878. The molecular weight excluding hydrogens is 586 g/mol. The summed E-state index contributed by atoms with van der Waals surface area (Å²) in [7, 11) is 0.